The number of hydrogen-bond donors (Lipinski definition) is 1. The van der Waals surface area contributed by atoms with Crippen LogP contribution in [-0.2, 0) is 6.42 Å². The molecule has 1 aliphatic heterocycles. The number of fused-ring (bicyclic) bond motifs is 1. The minimum atomic E-state index is -0.00433. The zero-order chi connectivity index (χ0) is 14.5. The number of aryl methyl sites for hydroxylation is 1. The zero-order valence-electron chi connectivity index (χ0n) is 12.0. The van der Waals surface area contributed by atoms with Crippen molar-refractivity contribution in [2.75, 3.05) is 13.2 Å². The summed E-state index contributed by atoms with van der Waals surface area (Å²) >= 11 is 0. The maximum absolute atomic E-state index is 6.30. The molecular weight excluding hydrogens is 264 g/mol. The van der Waals surface area contributed by atoms with Crippen molar-refractivity contribution in [3.8, 4) is 11.5 Å². The molecule has 2 aromatic rings. The number of benzene rings is 1. The summed E-state index contributed by atoms with van der Waals surface area (Å²) in [6.07, 6.45) is 6.38. The molecule has 1 aromatic heterocycles. The van der Waals surface area contributed by atoms with Crippen LogP contribution in [0.3, 0.4) is 0 Å². The second kappa shape index (κ2) is 6.59. The average molecular weight is 284 g/mol. The van der Waals surface area contributed by atoms with Crippen LogP contribution in [-0.4, -0.2) is 18.2 Å². The molecule has 1 aromatic carbocycles. The molecular formula is C17H20N2O2. The first-order valence-electron chi connectivity index (χ1n) is 7.37. The van der Waals surface area contributed by atoms with Crippen molar-refractivity contribution in [1.29, 1.82) is 0 Å². The van der Waals surface area contributed by atoms with Crippen molar-refractivity contribution in [2.45, 2.75) is 25.3 Å². The molecule has 1 aliphatic rings. The van der Waals surface area contributed by atoms with Gasteiger partial charge < -0.3 is 15.2 Å². The van der Waals surface area contributed by atoms with Crippen LogP contribution in [0.2, 0.25) is 0 Å². The number of nitrogens with zero attached hydrogens (tertiary/aromatic N) is 1. The number of aromatic nitrogens is 1. The van der Waals surface area contributed by atoms with Gasteiger partial charge in [-0.1, -0.05) is 6.07 Å². The highest BCUT2D eigenvalue weighted by atomic mass is 16.5. The van der Waals surface area contributed by atoms with Crippen LogP contribution in [0.4, 0.5) is 0 Å². The summed E-state index contributed by atoms with van der Waals surface area (Å²) in [6, 6.07) is 10.1. The van der Waals surface area contributed by atoms with Crippen molar-refractivity contribution in [2.24, 2.45) is 5.73 Å². The Kier molecular flexibility index (Phi) is 4.36. The minimum absolute atomic E-state index is 0.00433. The largest absolute Gasteiger partial charge is 0.490 e. The molecule has 3 rings (SSSR count). The Morgan fingerprint density at radius 1 is 1.05 bits per heavy atom. The Bertz CT molecular complexity index is 587. The molecule has 0 spiro atoms. The van der Waals surface area contributed by atoms with E-state index >= 15 is 0 Å². The summed E-state index contributed by atoms with van der Waals surface area (Å²) in [5.41, 5.74) is 8.65. The third kappa shape index (κ3) is 3.52. The molecule has 4 nitrogen and oxygen atoms in total. The van der Waals surface area contributed by atoms with Gasteiger partial charge >= 0.3 is 0 Å². The lowest BCUT2D eigenvalue weighted by atomic mass is 10.00. The Balaban J connectivity index is 1.67. The second-order valence-corrected chi connectivity index (χ2v) is 5.26. The number of rotatable bonds is 4. The van der Waals surface area contributed by atoms with Crippen LogP contribution in [0, 0.1) is 0 Å². The maximum Gasteiger partial charge on any atom is 0.161 e. The second-order valence-electron chi connectivity index (χ2n) is 5.26. The summed E-state index contributed by atoms with van der Waals surface area (Å²) in [6.45, 7) is 1.41. The first-order valence-corrected chi connectivity index (χ1v) is 7.37. The van der Waals surface area contributed by atoms with Crippen molar-refractivity contribution in [3.63, 3.8) is 0 Å². The average Bonchev–Trinajstić information content (AvgIpc) is 2.78. The van der Waals surface area contributed by atoms with E-state index in [2.05, 4.69) is 4.98 Å². The fraction of sp³-hybridized carbons (Fsp3) is 0.353. The highest BCUT2D eigenvalue weighted by Gasteiger charge is 2.14. The molecule has 4 heteroatoms. The van der Waals surface area contributed by atoms with Crippen molar-refractivity contribution in [1.82, 2.24) is 4.98 Å². The van der Waals surface area contributed by atoms with Gasteiger partial charge in [0, 0.05) is 24.9 Å². The Morgan fingerprint density at radius 2 is 1.81 bits per heavy atom. The van der Waals surface area contributed by atoms with Crippen molar-refractivity contribution >= 4 is 0 Å². The summed E-state index contributed by atoms with van der Waals surface area (Å²) in [5, 5.41) is 0. The first kappa shape index (κ1) is 13.9. The lowest BCUT2D eigenvalue weighted by Crippen LogP contribution is -2.11. The third-order valence-electron chi connectivity index (χ3n) is 3.69. The molecule has 0 fully saturated rings. The van der Waals surface area contributed by atoms with Gasteiger partial charge in [-0.15, -0.1) is 0 Å². The Morgan fingerprint density at radius 3 is 2.62 bits per heavy atom. The fourth-order valence-electron chi connectivity index (χ4n) is 2.45. The molecule has 2 heterocycles. The van der Waals surface area contributed by atoms with Crippen molar-refractivity contribution < 1.29 is 9.47 Å². The highest BCUT2D eigenvalue weighted by molar-refractivity contribution is 5.44. The molecule has 0 amide bonds. The van der Waals surface area contributed by atoms with E-state index in [1.54, 1.807) is 0 Å². The van der Waals surface area contributed by atoms with Crippen LogP contribution >= 0.6 is 0 Å². The van der Waals surface area contributed by atoms with Gasteiger partial charge in [0.05, 0.1) is 13.2 Å². The normalized spacial score (nSPS) is 15.3. The van der Waals surface area contributed by atoms with Gasteiger partial charge in [0.15, 0.2) is 11.5 Å². The van der Waals surface area contributed by atoms with E-state index in [1.807, 2.05) is 42.7 Å². The molecule has 21 heavy (non-hydrogen) atoms. The summed E-state index contributed by atoms with van der Waals surface area (Å²) in [5.74, 6) is 1.63. The molecule has 2 N–H and O–H groups in total. The number of hydrogen-bond acceptors (Lipinski definition) is 4. The maximum atomic E-state index is 6.30. The van der Waals surface area contributed by atoms with E-state index in [9.17, 15) is 0 Å². The zero-order valence-corrected chi connectivity index (χ0v) is 12.0. The minimum Gasteiger partial charge on any atom is -0.490 e. The quantitative estimate of drug-likeness (QED) is 0.938. The van der Waals surface area contributed by atoms with Crippen LogP contribution in [0.1, 0.15) is 30.0 Å². The Hall–Kier alpha value is -2.07. The lowest BCUT2D eigenvalue weighted by Gasteiger charge is -2.15. The summed E-state index contributed by atoms with van der Waals surface area (Å²) < 4.78 is 11.4. The standard InChI is InChI=1S/C17H20N2O2/c18-15(4-2-13-6-8-19-9-7-13)14-3-5-16-17(12-14)21-11-1-10-20-16/h3,5-9,12,15H,1-2,4,10-11,18H2. The molecule has 0 saturated heterocycles. The lowest BCUT2D eigenvalue weighted by molar-refractivity contribution is 0.297. The fourth-order valence-corrected chi connectivity index (χ4v) is 2.45. The molecule has 0 bridgehead atoms. The van der Waals surface area contributed by atoms with Crippen molar-refractivity contribution in [3.05, 3.63) is 53.9 Å². The summed E-state index contributed by atoms with van der Waals surface area (Å²) in [7, 11) is 0. The van der Waals surface area contributed by atoms with E-state index in [0.29, 0.717) is 13.2 Å². The molecule has 110 valence electrons. The Labute approximate surface area is 124 Å². The van der Waals surface area contributed by atoms with Gasteiger partial charge in [0.25, 0.3) is 0 Å². The highest BCUT2D eigenvalue weighted by Crippen LogP contribution is 2.32. The van der Waals surface area contributed by atoms with Crippen LogP contribution in [0.25, 0.3) is 0 Å². The van der Waals surface area contributed by atoms with Gasteiger partial charge in [0.1, 0.15) is 0 Å². The number of ether oxygens (including phenoxy) is 2. The third-order valence-corrected chi connectivity index (χ3v) is 3.69. The van der Waals surface area contributed by atoms with Crippen LogP contribution in [0.15, 0.2) is 42.7 Å². The van der Waals surface area contributed by atoms with Gasteiger partial charge in [0.2, 0.25) is 0 Å². The first-order chi connectivity index (χ1) is 10.3. The van der Waals surface area contributed by atoms with E-state index in [1.165, 1.54) is 5.56 Å². The molecule has 0 saturated carbocycles. The molecule has 1 atom stereocenters. The van der Waals surface area contributed by atoms with E-state index in [-0.39, 0.29) is 6.04 Å². The van der Waals surface area contributed by atoms with E-state index in [0.717, 1.165) is 36.3 Å². The van der Waals surface area contributed by atoms with E-state index < -0.39 is 0 Å². The van der Waals surface area contributed by atoms with Crippen LogP contribution < -0.4 is 15.2 Å². The van der Waals surface area contributed by atoms with Gasteiger partial charge in [-0.2, -0.15) is 0 Å². The molecule has 0 aliphatic carbocycles. The van der Waals surface area contributed by atoms with Crippen LogP contribution in [0.5, 0.6) is 11.5 Å². The predicted molar refractivity (Wildman–Crippen MR) is 81.5 cm³/mol. The topological polar surface area (TPSA) is 57.4 Å². The van der Waals surface area contributed by atoms with Gasteiger partial charge in [-0.05, 0) is 48.2 Å². The van der Waals surface area contributed by atoms with Gasteiger partial charge in [-0.25, -0.2) is 0 Å². The molecule has 1 unspecified atom stereocenters. The SMILES string of the molecule is NC(CCc1ccncc1)c1ccc2c(c1)OCCCO2. The smallest absolute Gasteiger partial charge is 0.161 e. The monoisotopic (exact) mass is 284 g/mol. The number of pyridine rings is 1. The molecule has 0 radical (unpaired) electrons. The van der Waals surface area contributed by atoms with E-state index in [4.69, 9.17) is 15.2 Å². The van der Waals surface area contributed by atoms with Gasteiger partial charge in [-0.3, -0.25) is 4.98 Å². The summed E-state index contributed by atoms with van der Waals surface area (Å²) in [4.78, 5) is 4.03. The number of nitrogens with two attached hydrogens (primary N) is 1. The predicted octanol–water partition coefficient (Wildman–Crippen LogP) is 2.88.